The van der Waals surface area contributed by atoms with Crippen LogP contribution in [0.25, 0.3) is 0 Å². The van der Waals surface area contributed by atoms with Crippen LogP contribution >= 0.6 is 0 Å². The van der Waals surface area contributed by atoms with Gasteiger partial charge in [0.15, 0.2) is 0 Å². The van der Waals surface area contributed by atoms with Crippen molar-refractivity contribution in [2.75, 3.05) is 20.1 Å². The zero-order valence-corrected chi connectivity index (χ0v) is 13.4. The fourth-order valence-electron chi connectivity index (χ4n) is 1.53. The Balaban J connectivity index is -0.000000245. The molecule has 0 aliphatic carbocycles. The molecule has 1 aliphatic rings. The van der Waals surface area contributed by atoms with Crippen molar-refractivity contribution in [1.29, 1.82) is 0 Å². The third-order valence-electron chi connectivity index (χ3n) is 2.90. The van der Waals surface area contributed by atoms with Crippen molar-refractivity contribution >= 4 is 0 Å². The normalized spacial score (nSPS) is 24.6. The Morgan fingerprint density at radius 3 is 1.19 bits per heavy atom. The first-order chi connectivity index (χ1) is 7.70. The number of hydrogen-bond acceptors (Lipinski definition) is 1. The van der Waals surface area contributed by atoms with Crippen molar-refractivity contribution in [2.45, 2.75) is 68.2 Å². The molecule has 1 heteroatoms. The van der Waals surface area contributed by atoms with E-state index >= 15 is 0 Å². The van der Waals surface area contributed by atoms with Crippen LogP contribution in [0.5, 0.6) is 0 Å². The first kappa shape index (κ1) is 21.3. The third kappa shape index (κ3) is 12.0. The molecule has 1 rings (SSSR count). The molecule has 0 spiro atoms. The fourth-order valence-corrected chi connectivity index (χ4v) is 1.53. The molecular formula is C15H37N. The lowest BCUT2D eigenvalue weighted by Crippen LogP contribution is -2.18. The summed E-state index contributed by atoms with van der Waals surface area (Å²) in [6, 6.07) is 0. The van der Waals surface area contributed by atoms with Crippen molar-refractivity contribution in [1.82, 2.24) is 4.90 Å². The van der Waals surface area contributed by atoms with Crippen molar-refractivity contribution in [3.63, 3.8) is 0 Å². The Bertz CT molecular complexity index is 89.6. The Morgan fingerprint density at radius 1 is 0.688 bits per heavy atom. The topological polar surface area (TPSA) is 3.24 Å². The number of hydrogen-bond donors (Lipinski definition) is 0. The van der Waals surface area contributed by atoms with E-state index in [0.717, 1.165) is 11.8 Å². The maximum Gasteiger partial charge on any atom is -0.00191 e. The van der Waals surface area contributed by atoms with Crippen LogP contribution in [0.15, 0.2) is 0 Å². The summed E-state index contributed by atoms with van der Waals surface area (Å²) in [5.41, 5.74) is 0. The van der Waals surface area contributed by atoms with Gasteiger partial charge in [-0.1, -0.05) is 55.4 Å². The Hall–Kier alpha value is -0.0400. The second kappa shape index (κ2) is 17.4. The van der Waals surface area contributed by atoms with E-state index in [1.165, 1.54) is 25.9 Å². The molecule has 1 fully saturated rings. The molecule has 1 saturated heterocycles. The highest BCUT2D eigenvalue weighted by atomic mass is 15.1. The van der Waals surface area contributed by atoms with Crippen molar-refractivity contribution in [3.05, 3.63) is 0 Å². The fraction of sp³-hybridized carbons (Fsp3) is 1.00. The van der Waals surface area contributed by atoms with E-state index in [1.54, 1.807) is 0 Å². The Morgan fingerprint density at radius 2 is 0.938 bits per heavy atom. The molecular weight excluding hydrogens is 194 g/mol. The van der Waals surface area contributed by atoms with Crippen LogP contribution < -0.4 is 0 Å². The zero-order chi connectivity index (χ0) is 13.6. The van der Waals surface area contributed by atoms with Crippen molar-refractivity contribution in [3.8, 4) is 0 Å². The molecule has 2 atom stereocenters. The van der Waals surface area contributed by atoms with Crippen LogP contribution in [-0.2, 0) is 0 Å². The first-order valence-corrected chi connectivity index (χ1v) is 7.38. The standard InChI is InChI=1S/C9H19N.3C2H6/c1-8-4-6-10(3)7-5-9(8)2;3*1-2/h8-9H,4-7H2,1-3H3;3*1-2H3. The average Bonchev–Trinajstić information content (AvgIpc) is 2.52. The van der Waals surface area contributed by atoms with E-state index in [4.69, 9.17) is 0 Å². The molecule has 0 bridgehead atoms. The van der Waals surface area contributed by atoms with Crippen LogP contribution in [0.3, 0.4) is 0 Å². The summed E-state index contributed by atoms with van der Waals surface area (Å²) < 4.78 is 0. The summed E-state index contributed by atoms with van der Waals surface area (Å²) in [6.07, 6.45) is 2.77. The summed E-state index contributed by atoms with van der Waals surface area (Å²) >= 11 is 0. The summed E-state index contributed by atoms with van der Waals surface area (Å²) in [6.45, 7) is 19.4. The van der Waals surface area contributed by atoms with Gasteiger partial charge in [0.05, 0.1) is 0 Å². The van der Waals surface area contributed by atoms with Crippen LogP contribution in [0.4, 0.5) is 0 Å². The molecule has 16 heavy (non-hydrogen) atoms. The zero-order valence-electron chi connectivity index (χ0n) is 13.4. The monoisotopic (exact) mass is 231 g/mol. The number of rotatable bonds is 0. The highest BCUT2D eigenvalue weighted by Gasteiger charge is 2.16. The molecule has 0 radical (unpaired) electrons. The SMILES string of the molecule is CC.CC.CC.CC1CCN(C)CCC1C. The van der Waals surface area contributed by atoms with Crippen LogP contribution in [0.2, 0.25) is 0 Å². The van der Waals surface area contributed by atoms with E-state index in [1.807, 2.05) is 41.5 Å². The highest BCUT2D eigenvalue weighted by Crippen LogP contribution is 2.21. The largest absolute Gasteiger partial charge is 0.306 e. The van der Waals surface area contributed by atoms with Gasteiger partial charge in [0.25, 0.3) is 0 Å². The second-order valence-corrected chi connectivity index (χ2v) is 3.84. The van der Waals surface area contributed by atoms with Gasteiger partial charge >= 0.3 is 0 Å². The molecule has 102 valence electrons. The quantitative estimate of drug-likeness (QED) is 0.563. The second-order valence-electron chi connectivity index (χ2n) is 3.84. The van der Waals surface area contributed by atoms with Gasteiger partial charge in [-0.05, 0) is 44.8 Å². The number of nitrogens with zero attached hydrogens (tertiary/aromatic N) is 1. The van der Waals surface area contributed by atoms with Crippen molar-refractivity contribution < 1.29 is 0 Å². The Labute approximate surface area is 106 Å². The summed E-state index contributed by atoms with van der Waals surface area (Å²) in [5.74, 6) is 1.87. The van der Waals surface area contributed by atoms with Gasteiger partial charge < -0.3 is 4.90 Å². The van der Waals surface area contributed by atoms with Gasteiger partial charge in [-0.3, -0.25) is 0 Å². The van der Waals surface area contributed by atoms with Crippen LogP contribution in [0.1, 0.15) is 68.2 Å². The van der Waals surface area contributed by atoms with E-state index < -0.39 is 0 Å². The molecule has 0 saturated carbocycles. The lowest BCUT2D eigenvalue weighted by molar-refractivity contribution is 0.343. The number of likely N-dealkylation sites (tertiary alicyclic amines) is 1. The first-order valence-electron chi connectivity index (χ1n) is 7.38. The van der Waals surface area contributed by atoms with Gasteiger partial charge in [0.1, 0.15) is 0 Å². The summed E-state index contributed by atoms with van der Waals surface area (Å²) in [7, 11) is 2.23. The molecule has 2 unspecified atom stereocenters. The maximum absolute atomic E-state index is 2.44. The molecule has 1 heterocycles. The molecule has 0 N–H and O–H groups in total. The molecule has 1 nitrogen and oxygen atoms in total. The van der Waals surface area contributed by atoms with Gasteiger partial charge in [-0.15, -0.1) is 0 Å². The van der Waals surface area contributed by atoms with E-state index in [-0.39, 0.29) is 0 Å². The predicted octanol–water partition coefficient (Wildman–Crippen LogP) is 5.06. The predicted molar refractivity (Wildman–Crippen MR) is 79.1 cm³/mol. The lowest BCUT2D eigenvalue weighted by atomic mass is 9.92. The van der Waals surface area contributed by atoms with Gasteiger partial charge in [0, 0.05) is 0 Å². The van der Waals surface area contributed by atoms with E-state index in [2.05, 4.69) is 25.8 Å². The van der Waals surface area contributed by atoms with Crippen molar-refractivity contribution in [2.24, 2.45) is 11.8 Å². The third-order valence-corrected chi connectivity index (χ3v) is 2.90. The van der Waals surface area contributed by atoms with Gasteiger partial charge in [0.2, 0.25) is 0 Å². The van der Waals surface area contributed by atoms with E-state index in [9.17, 15) is 0 Å². The Kier molecular flexibility index (Phi) is 23.1. The van der Waals surface area contributed by atoms with E-state index in [0.29, 0.717) is 0 Å². The summed E-state index contributed by atoms with van der Waals surface area (Å²) in [4.78, 5) is 2.44. The minimum atomic E-state index is 0.935. The lowest BCUT2D eigenvalue weighted by Gasteiger charge is -2.14. The highest BCUT2D eigenvalue weighted by molar-refractivity contribution is 4.69. The molecule has 0 aromatic carbocycles. The van der Waals surface area contributed by atoms with Crippen LogP contribution in [-0.4, -0.2) is 25.0 Å². The molecule has 0 amide bonds. The smallest absolute Gasteiger partial charge is 0.00191 e. The average molecular weight is 231 g/mol. The van der Waals surface area contributed by atoms with Gasteiger partial charge in [-0.2, -0.15) is 0 Å². The maximum atomic E-state index is 2.44. The molecule has 1 aliphatic heterocycles. The summed E-state index contributed by atoms with van der Waals surface area (Å²) in [5, 5.41) is 0. The molecule has 0 aromatic heterocycles. The minimum absolute atomic E-state index is 0.935. The van der Waals surface area contributed by atoms with Crippen LogP contribution in [0, 0.1) is 11.8 Å². The minimum Gasteiger partial charge on any atom is -0.306 e. The molecule has 0 aromatic rings. The van der Waals surface area contributed by atoms with Gasteiger partial charge in [-0.25, -0.2) is 0 Å².